The summed E-state index contributed by atoms with van der Waals surface area (Å²) in [7, 11) is 0. The van der Waals surface area contributed by atoms with E-state index in [9.17, 15) is 57.9 Å². The first-order valence-electron chi connectivity index (χ1n) is 29.5. The van der Waals surface area contributed by atoms with E-state index in [-0.39, 0.29) is 83.8 Å². The van der Waals surface area contributed by atoms with Crippen LogP contribution in [0.5, 0.6) is 0 Å². The first-order chi connectivity index (χ1) is 44.7. The molecule has 0 amide bonds. The van der Waals surface area contributed by atoms with Gasteiger partial charge in [-0.1, -0.05) is 96.1 Å². The van der Waals surface area contributed by atoms with Gasteiger partial charge in [0.25, 0.3) is 0 Å². The average molecular weight is 1300 g/mol. The molecular formula is C77H48F15N3. The Hall–Kier alpha value is -10.5. The molecule has 13 rings (SSSR count). The Kier molecular flexibility index (Phi) is 15.0. The van der Waals surface area contributed by atoms with Gasteiger partial charge in [0.2, 0.25) is 0 Å². The topological polar surface area (TPSA) is 33.6 Å². The lowest BCUT2D eigenvalue weighted by Crippen LogP contribution is -2.11. The van der Waals surface area contributed by atoms with Gasteiger partial charge in [-0.25, -0.2) is 0 Å². The van der Waals surface area contributed by atoms with Crippen LogP contribution in [0.25, 0.3) is 122 Å². The molecule has 18 heteroatoms. The molecule has 0 bridgehead atoms. The minimum Gasteiger partial charge on any atom is -0.309 e. The largest absolute Gasteiger partial charge is 0.417 e. The second kappa shape index (κ2) is 22.6. The Morgan fingerprint density at radius 3 is 1.01 bits per heavy atom. The van der Waals surface area contributed by atoms with E-state index in [1.165, 1.54) is 55.5 Å². The highest BCUT2D eigenvalue weighted by molar-refractivity contribution is 6.14. The molecule has 0 unspecified atom stereocenters. The third-order valence-electron chi connectivity index (χ3n) is 17.2. The molecular weight excluding hydrogens is 1250 g/mol. The van der Waals surface area contributed by atoms with Crippen LogP contribution in [-0.2, 0) is 30.9 Å². The summed E-state index contributed by atoms with van der Waals surface area (Å²) in [5.74, 6) is 0. The number of hydrogen-bond acceptors (Lipinski definition) is 1. The number of benzene rings is 11. The van der Waals surface area contributed by atoms with E-state index in [1.54, 1.807) is 85.1 Å². The molecule has 95 heavy (non-hydrogen) atoms. The lowest BCUT2D eigenvalue weighted by molar-refractivity contribution is -0.143. The molecule has 0 spiro atoms. The zero-order valence-electron chi connectivity index (χ0n) is 50.6. The fraction of sp³-hybridized carbons (Fsp3) is 0.130. The van der Waals surface area contributed by atoms with Crippen molar-refractivity contribution >= 4 is 43.6 Å². The van der Waals surface area contributed by atoms with Crippen LogP contribution in [0, 0.1) is 45.9 Å². The SMILES string of the molecule is Cc1cc(C)cc(-c2ccc3c(c2)c2cc(-c4cc(C)cc(C(F)(F)F)c4)ccc2n3-c2cc(-c3c(C)cccc3C(F)(F)F)ccc2-c2ccc(C#N)cc2-n2c3ccc(-c4cc(C)cc(C(F)(F)F)c4)cc3c3cc(-c4cc(C(F)(F)F)cc(C(F)(F)F)c4)ccc32)c1. The van der Waals surface area contributed by atoms with Crippen LogP contribution < -0.4 is 0 Å². The summed E-state index contributed by atoms with van der Waals surface area (Å²) in [4.78, 5) is 0. The van der Waals surface area contributed by atoms with Gasteiger partial charge in [-0.15, -0.1) is 0 Å². The molecule has 0 saturated carbocycles. The Bertz CT molecular complexity index is 5320. The fourth-order valence-electron chi connectivity index (χ4n) is 13.2. The lowest BCUT2D eigenvalue weighted by atomic mass is 9.91. The third-order valence-corrected chi connectivity index (χ3v) is 17.2. The molecule has 13 aromatic rings. The molecule has 0 N–H and O–H groups in total. The van der Waals surface area contributed by atoms with Gasteiger partial charge in [-0.3, -0.25) is 0 Å². The van der Waals surface area contributed by atoms with Gasteiger partial charge < -0.3 is 9.13 Å². The Morgan fingerprint density at radius 1 is 0.295 bits per heavy atom. The van der Waals surface area contributed by atoms with Crippen molar-refractivity contribution in [3.63, 3.8) is 0 Å². The van der Waals surface area contributed by atoms with Crippen molar-refractivity contribution in [2.45, 2.75) is 65.5 Å². The van der Waals surface area contributed by atoms with E-state index >= 15 is 13.2 Å². The van der Waals surface area contributed by atoms with E-state index in [0.717, 1.165) is 52.6 Å². The van der Waals surface area contributed by atoms with Gasteiger partial charge >= 0.3 is 30.9 Å². The highest BCUT2D eigenvalue weighted by atomic mass is 19.4. The monoisotopic (exact) mass is 1300 g/mol. The zero-order valence-corrected chi connectivity index (χ0v) is 50.6. The highest BCUT2D eigenvalue weighted by Gasteiger charge is 2.39. The van der Waals surface area contributed by atoms with Crippen LogP contribution in [-0.4, -0.2) is 9.13 Å². The minimum absolute atomic E-state index is 0.000421. The zero-order chi connectivity index (χ0) is 67.7. The fourth-order valence-corrected chi connectivity index (χ4v) is 13.2. The maximum absolute atomic E-state index is 15.3. The molecule has 2 aromatic heterocycles. The van der Waals surface area contributed by atoms with Gasteiger partial charge in [0.15, 0.2) is 0 Å². The standard InChI is InChI=1S/C77H48F15N3/c1-40-21-41(2)23-51(22-40)46-11-17-68-61(33-46)63-35-48(53-25-43(4)27-56(30-53)74(81,82)83)13-19-69(63)95(68)71-37-50(72-44(5)7-6-8-65(72)77(90,91)92)10-16-60(71)59-15-9-45(39-93)28-70(59)94-66-18-12-47(52-24-42(3)26-55(29-52)73(78,79)80)34-62(66)64-36-49(14-20-67(64)94)54-31-57(75(84,85)86)38-58(32-54)76(87,88)89/h6-38H,1-5H3. The Balaban J connectivity index is 1.13. The van der Waals surface area contributed by atoms with E-state index in [4.69, 9.17) is 0 Å². The third kappa shape index (κ3) is 11.7. The van der Waals surface area contributed by atoms with Gasteiger partial charge in [-0.05, 0) is 222 Å². The van der Waals surface area contributed by atoms with Crippen LogP contribution in [0.3, 0.4) is 0 Å². The average Bonchev–Trinajstić information content (AvgIpc) is 1.60. The number of halogens is 15. The van der Waals surface area contributed by atoms with Crippen molar-refractivity contribution in [2.75, 3.05) is 0 Å². The molecule has 0 radical (unpaired) electrons. The minimum atomic E-state index is -5.22. The predicted molar refractivity (Wildman–Crippen MR) is 341 cm³/mol. The van der Waals surface area contributed by atoms with Crippen molar-refractivity contribution in [3.05, 3.63) is 261 Å². The van der Waals surface area contributed by atoms with E-state index in [0.29, 0.717) is 61.7 Å². The number of nitrogens with zero attached hydrogens (tertiary/aromatic N) is 3. The van der Waals surface area contributed by atoms with Gasteiger partial charge in [0.05, 0.1) is 72.9 Å². The second-order valence-electron chi connectivity index (χ2n) is 24.0. The smallest absolute Gasteiger partial charge is 0.309 e. The number of nitriles is 1. The number of aromatic nitrogens is 2. The van der Waals surface area contributed by atoms with Crippen molar-refractivity contribution in [1.29, 1.82) is 5.26 Å². The maximum Gasteiger partial charge on any atom is 0.417 e. The molecule has 0 saturated heterocycles. The molecule has 0 fully saturated rings. The summed E-state index contributed by atoms with van der Waals surface area (Å²) in [5.41, 5.74) is 1.59. The molecule has 0 aliphatic carbocycles. The predicted octanol–water partition coefficient (Wildman–Crippen LogP) is 24.4. The quantitative estimate of drug-likeness (QED) is 0.140. The maximum atomic E-state index is 15.3. The number of fused-ring (bicyclic) bond motifs is 6. The van der Waals surface area contributed by atoms with Gasteiger partial charge in [0.1, 0.15) is 0 Å². The summed E-state index contributed by atoms with van der Waals surface area (Å²) in [6.45, 7) is 8.46. The van der Waals surface area contributed by atoms with Gasteiger partial charge in [0, 0.05) is 32.7 Å². The van der Waals surface area contributed by atoms with Crippen LogP contribution in [0.1, 0.15) is 61.2 Å². The molecule has 11 aromatic carbocycles. The lowest BCUT2D eigenvalue weighted by Gasteiger charge is -2.21. The molecule has 0 aliphatic rings. The summed E-state index contributed by atoms with van der Waals surface area (Å²) < 4.78 is 223. The summed E-state index contributed by atoms with van der Waals surface area (Å²) in [5, 5.41) is 12.3. The number of rotatable bonds is 8. The first kappa shape index (κ1) is 63.2. The molecule has 2 heterocycles. The molecule has 476 valence electrons. The Morgan fingerprint density at radius 2 is 0.632 bits per heavy atom. The number of alkyl halides is 15. The summed E-state index contributed by atoms with van der Waals surface area (Å²) in [6.07, 6.45) is -24.7. The van der Waals surface area contributed by atoms with Crippen LogP contribution in [0.15, 0.2) is 200 Å². The Labute approximate surface area is 532 Å². The molecule has 3 nitrogen and oxygen atoms in total. The summed E-state index contributed by atoms with van der Waals surface area (Å²) in [6, 6.07) is 49.3. The van der Waals surface area contributed by atoms with Crippen molar-refractivity contribution < 1.29 is 65.9 Å². The van der Waals surface area contributed by atoms with E-state index in [1.807, 2.05) is 54.8 Å². The number of aryl methyl sites for hydroxylation is 5. The highest BCUT2D eigenvalue weighted by Crippen LogP contribution is 2.49. The van der Waals surface area contributed by atoms with Crippen molar-refractivity contribution in [2.24, 2.45) is 0 Å². The molecule has 0 aliphatic heterocycles. The molecule has 0 atom stereocenters. The summed E-state index contributed by atoms with van der Waals surface area (Å²) >= 11 is 0. The second-order valence-corrected chi connectivity index (χ2v) is 24.0. The van der Waals surface area contributed by atoms with Gasteiger partial charge in [-0.2, -0.15) is 71.1 Å². The van der Waals surface area contributed by atoms with Crippen molar-refractivity contribution in [3.8, 4) is 84.2 Å². The van der Waals surface area contributed by atoms with Crippen molar-refractivity contribution in [1.82, 2.24) is 9.13 Å². The number of hydrogen-bond donors (Lipinski definition) is 0. The van der Waals surface area contributed by atoms with Crippen LogP contribution >= 0.6 is 0 Å². The van der Waals surface area contributed by atoms with Crippen LogP contribution in [0.2, 0.25) is 0 Å². The van der Waals surface area contributed by atoms with E-state index < -0.39 is 64.3 Å². The first-order valence-corrected chi connectivity index (χ1v) is 29.5. The van der Waals surface area contributed by atoms with Crippen LogP contribution in [0.4, 0.5) is 65.9 Å². The van der Waals surface area contributed by atoms with E-state index in [2.05, 4.69) is 6.07 Å². The normalized spacial score (nSPS) is 12.6.